The lowest BCUT2D eigenvalue weighted by Crippen LogP contribution is -2.17. The zero-order valence-electron chi connectivity index (χ0n) is 12.4. The van der Waals surface area contributed by atoms with E-state index in [9.17, 15) is 0 Å². The number of hydrogen-bond donors (Lipinski definition) is 2. The van der Waals surface area contributed by atoms with Gasteiger partial charge in [0.2, 0.25) is 5.95 Å². The highest BCUT2D eigenvalue weighted by molar-refractivity contribution is 7.18. The highest BCUT2D eigenvalue weighted by Gasteiger charge is 2.22. The molecule has 0 aromatic carbocycles. The van der Waals surface area contributed by atoms with Gasteiger partial charge in [-0.05, 0) is 45.1 Å². The summed E-state index contributed by atoms with van der Waals surface area (Å²) in [7, 11) is 0. The Hall–Kier alpha value is -1.36. The number of aromatic nitrogens is 2. The maximum Gasteiger partial charge on any atom is 0.226 e. The van der Waals surface area contributed by atoms with E-state index >= 15 is 0 Å². The average Bonchev–Trinajstić information content (AvgIpc) is 2.95. The molecule has 1 aliphatic carbocycles. The zero-order valence-corrected chi connectivity index (χ0v) is 13.2. The van der Waals surface area contributed by atoms with Crippen LogP contribution in [0.15, 0.2) is 6.07 Å². The van der Waals surface area contributed by atoms with Gasteiger partial charge in [-0.25, -0.2) is 4.98 Å². The number of rotatable bonds is 4. The molecule has 1 fully saturated rings. The molecule has 1 saturated carbocycles. The number of anilines is 2. The molecule has 2 N–H and O–H groups in total. The molecule has 0 amide bonds. The highest BCUT2D eigenvalue weighted by Crippen LogP contribution is 2.33. The normalized spacial score (nSPS) is 22.4. The smallest absolute Gasteiger partial charge is 0.226 e. The van der Waals surface area contributed by atoms with Crippen LogP contribution in [0.2, 0.25) is 0 Å². The van der Waals surface area contributed by atoms with Crippen LogP contribution in [0.1, 0.15) is 38.0 Å². The maximum atomic E-state index is 4.67. The molecule has 0 aliphatic heterocycles. The lowest BCUT2D eigenvalue weighted by molar-refractivity contribution is 0.602. The summed E-state index contributed by atoms with van der Waals surface area (Å²) in [5, 5.41) is 8.03. The van der Waals surface area contributed by atoms with Gasteiger partial charge in [-0.3, -0.25) is 0 Å². The molecule has 1 aliphatic rings. The molecule has 108 valence electrons. The van der Waals surface area contributed by atoms with Gasteiger partial charge in [0, 0.05) is 17.5 Å². The molecule has 0 radical (unpaired) electrons. The van der Waals surface area contributed by atoms with Crippen molar-refractivity contribution in [1.29, 1.82) is 0 Å². The highest BCUT2D eigenvalue weighted by atomic mass is 32.1. The molecule has 2 atom stereocenters. The van der Waals surface area contributed by atoms with Crippen molar-refractivity contribution in [3.63, 3.8) is 0 Å². The van der Waals surface area contributed by atoms with Gasteiger partial charge >= 0.3 is 0 Å². The van der Waals surface area contributed by atoms with Gasteiger partial charge in [0.05, 0.1) is 5.39 Å². The minimum Gasteiger partial charge on any atom is -0.367 e. The largest absolute Gasteiger partial charge is 0.367 e. The maximum absolute atomic E-state index is 4.67. The van der Waals surface area contributed by atoms with E-state index in [2.05, 4.69) is 47.4 Å². The van der Waals surface area contributed by atoms with Gasteiger partial charge in [0.25, 0.3) is 0 Å². The summed E-state index contributed by atoms with van der Waals surface area (Å²) in [6.45, 7) is 7.37. The lowest BCUT2D eigenvalue weighted by Gasteiger charge is -2.15. The fourth-order valence-electron chi connectivity index (χ4n) is 2.92. The number of fused-ring (bicyclic) bond motifs is 1. The van der Waals surface area contributed by atoms with E-state index in [1.165, 1.54) is 24.1 Å². The second-order valence-corrected chi connectivity index (χ2v) is 7.00. The number of aryl methyl sites for hydroxylation is 1. The third kappa shape index (κ3) is 2.73. The molecule has 0 spiro atoms. The Bertz CT molecular complexity index is 607. The van der Waals surface area contributed by atoms with Crippen LogP contribution in [0.4, 0.5) is 11.8 Å². The van der Waals surface area contributed by atoms with Crippen LogP contribution in [0.5, 0.6) is 0 Å². The molecular weight excluding hydrogens is 268 g/mol. The van der Waals surface area contributed by atoms with E-state index in [0.29, 0.717) is 6.04 Å². The zero-order chi connectivity index (χ0) is 14.1. The first-order chi connectivity index (χ1) is 9.65. The molecule has 2 unspecified atom stereocenters. The van der Waals surface area contributed by atoms with Gasteiger partial charge in [-0.1, -0.05) is 6.92 Å². The van der Waals surface area contributed by atoms with E-state index in [0.717, 1.165) is 34.4 Å². The minimum absolute atomic E-state index is 0.554. The second-order valence-electron chi connectivity index (χ2n) is 5.76. The van der Waals surface area contributed by atoms with Gasteiger partial charge in [0.1, 0.15) is 10.6 Å². The summed E-state index contributed by atoms with van der Waals surface area (Å²) in [4.78, 5) is 11.6. The summed E-state index contributed by atoms with van der Waals surface area (Å²) in [5.74, 6) is 2.55. The van der Waals surface area contributed by atoms with Crippen LogP contribution in [0, 0.1) is 12.8 Å². The third-order valence-corrected chi connectivity index (χ3v) is 4.83. The second kappa shape index (κ2) is 5.56. The van der Waals surface area contributed by atoms with Crippen molar-refractivity contribution in [3.8, 4) is 0 Å². The van der Waals surface area contributed by atoms with Crippen molar-refractivity contribution in [3.05, 3.63) is 10.9 Å². The van der Waals surface area contributed by atoms with Crippen LogP contribution in [-0.2, 0) is 0 Å². The van der Waals surface area contributed by atoms with E-state index < -0.39 is 0 Å². The fraction of sp³-hybridized carbons (Fsp3) is 0.600. The first kappa shape index (κ1) is 13.6. The number of thiophene rings is 1. The van der Waals surface area contributed by atoms with Crippen LogP contribution < -0.4 is 10.6 Å². The first-order valence-corrected chi connectivity index (χ1v) is 8.26. The Labute approximate surface area is 124 Å². The van der Waals surface area contributed by atoms with E-state index in [1.807, 2.05) is 0 Å². The van der Waals surface area contributed by atoms with Crippen molar-refractivity contribution in [2.24, 2.45) is 5.92 Å². The van der Waals surface area contributed by atoms with E-state index in [4.69, 9.17) is 0 Å². The number of hydrogen-bond acceptors (Lipinski definition) is 5. The summed E-state index contributed by atoms with van der Waals surface area (Å²) in [5.41, 5.74) is 0. The number of nitrogens with one attached hydrogen (secondary N) is 2. The predicted octanol–water partition coefficient (Wildman–Crippen LogP) is 4.03. The van der Waals surface area contributed by atoms with Crippen molar-refractivity contribution in [2.75, 3.05) is 17.2 Å². The molecule has 0 saturated heterocycles. The SMILES string of the molecule is CCNc1nc(NC2CCC(C)C2)c2cc(C)sc2n1. The molecule has 2 aromatic rings. The average molecular weight is 290 g/mol. The van der Waals surface area contributed by atoms with E-state index in [1.54, 1.807) is 11.3 Å². The standard InChI is InChI=1S/C15H22N4S/c1-4-16-15-18-13(17-11-6-5-9(2)7-11)12-8-10(3)20-14(12)19-15/h8-9,11H,4-7H2,1-3H3,(H2,16,17,18,19). The fourth-order valence-corrected chi connectivity index (χ4v) is 3.80. The minimum atomic E-state index is 0.554. The van der Waals surface area contributed by atoms with Gasteiger partial charge < -0.3 is 10.6 Å². The summed E-state index contributed by atoms with van der Waals surface area (Å²) >= 11 is 1.73. The van der Waals surface area contributed by atoms with Crippen molar-refractivity contribution in [2.45, 2.75) is 46.1 Å². The van der Waals surface area contributed by atoms with Crippen molar-refractivity contribution < 1.29 is 0 Å². The molecule has 0 bridgehead atoms. The molecular formula is C15H22N4S. The molecule has 5 heteroatoms. The molecule has 4 nitrogen and oxygen atoms in total. The van der Waals surface area contributed by atoms with Gasteiger partial charge in [0.15, 0.2) is 0 Å². The van der Waals surface area contributed by atoms with Crippen LogP contribution >= 0.6 is 11.3 Å². The Balaban J connectivity index is 1.94. The summed E-state index contributed by atoms with van der Waals surface area (Å²) < 4.78 is 0. The Morgan fingerprint density at radius 1 is 1.35 bits per heavy atom. The van der Waals surface area contributed by atoms with Crippen molar-refractivity contribution >= 4 is 33.3 Å². The van der Waals surface area contributed by atoms with Crippen LogP contribution in [-0.4, -0.2) is 22.6 Å². The van der Waals surface area contributed by atoms with Gasteiger partial charge in [-0.2, -0.15) is 4.98 Å². The topological polar surface area (TPSA) is 49.8 Å². The monoisotopic (exact) mass is 290 g/mol. The lowest BCUT2D eigenvalue weighted by atomic mass is 10.1. The molecule has 20 heavy (non-hydrogen) atoms. The van der Waals surface area contributed by atoms with E-state index in [-0.39, 0.29) is 0 Å². The van der Waals surface area contributed by atoms with Gasteiger partial charge in [-0.15, -0.1) is 11.3 Å². The summed E-state index contributed by atoms with van der Waals surface area (Å²) in [6, 6.07) is 2.74. The molecule has 2 heterocycles. The third-order valence-electron chi connectivity index (χ3n) is 3.89. The Morgan fingerprint density at radius 3 is 2.90 bits per heavy atom. The Morgan fingerprint density at radius 2 is 2.20 bits per heavy atom. The summed E-state index contributed by atoms with van der Waals surface area (Å²) in [6.07, 6.45) is 3.80. The quantitative estimate of drug-likeness (QED) is 0.892. The van der Waals surface area contributed by atoms with Crippen molar-refractivity contribution in [1.82, 2.24) is 9.97 Å². The molecule has 2 aromatic heterocycles. The first-order valence-electron chi connectivity index (χ1n) is 7.44. The molecule has 3 rings (SSSR count). The Kier molecular flexibility index (Phi) is 3.78. The predicted molar refractivity (Wildman–Crippen MR) is 86.7 cm³/mol. The van der Waals surface area contributed by atoms with Crippen LogP contribution in [0.3, 0.4) is 0 Å². The van der Waals surface area contributed by atoms with Crippen LogP contribution in [0.25, 0.3) is 10.2 Å². The number of nitrogens with zero attached hydrogens (tertiary/aromatic N) is 2.